The lowest BCUT2D eigenvalue weighted by Gasteiger charge is -2.24. The van der Waals surface area contributed by atoms with E-state index < -0.39 is 32.5 Å². The van der Waals surface area contributed by atoms with Crippen LogP contribution in [0.2, 0.25) is 0 Å². The van der Waals surface area contributed by atoms with Gasteiger partial charge in [0.05, 0.1) is 27.7 Å². The van der Waals surface area contributed by atoms with Crippen LogP contribution in [0.1, 0.15) is 123 Å². The summed E-state index contributed by atoms with van der Waals surface area (Å²) in [5.74, 6) is -0.921. The van der Waals surface area contributed by atoms with E-state index in [1.54, 1.807) is 0 Å². The van der Waals surface area contributed by atoms with Crippen LogP contribution in [-0.2, 0) is 32.7 Å². The molecule has 0 aliphatic rings. The van der Waals surface area contributed by atoms with Crippen LogP contribution in [0.25, 0.3) is 0 Å². The van der Waals surface area contributed by atoms with Gasteiger partial charge < -0.3 is 18.9 Å². The predicted octanol–water partition coefficient (Wildman–Crippen LogP) is 10.8. The fourth-order valence-electron chi connectivity index (χ4n) is 4.57. The first-order valence-corrected chi connectivity index (χ1v) is 21.3. The third-order valence-electron chi connectivity index (χ3n) is 7.65. The van der Waals surface area contributed by atoms with Crippen LogP contribution in [0.3, 0.4) is 0 Å². The molecule has 2 unspecified atom stereocenters. The molecule has 2 atom stereocenters. The number of ether oxygens (including phenoxy) is 2. The topological polar surface area (TPSA) is 108 Å². The zero-order valence-corrected chi connectivity index (χ0v) is 34.6. The van der Waals surface area contributed by atoms with E-state index in [9.17, 15) is 19.0 Å². The van der Waals surface area contributed by atoms with Gasteiger partial charge in [0.25, 0.3) is 0 Å². The molecule has 53 heavy (non-hydrogen) atoms. The summed E-state index contributed by atoms with van der Waals surface area (Å²) in [4.78, 5) is 35.1. The molecule has 10 heteroatoms. The number of hydrogen-bond donors (Lipinski definition) is 1. The highest BCUT2D eigenvalue weighted by Crippen LogP contribution is 2.43. The maximum absolute atomic E-state index is 12.6. The summed E-state index contributed by atoms with van der Waals surface area (Å²) in [5.41, 5.74) is 0. The number of carbonyl (C=O) groups is 2. The van der Waals surface area contributed by atoms with Crippen molar-refractivity contribution in [1.29, 1.82) is 0 Å². The third-order valence-corrected chi connectivity index (χ3v) is 8.64. The van der Waals surface area contributed by atoms with Crippen molar-refractivity contribution in [3.8, 4) is 0 Å². The van der Waals surface area contributed by atoms with Gasteiger partial charge in [-0.2, -0.15) is 0 Å². The van der Waals surface area contributed by atoms with E-state index in [-0.39, 0.29) is 26.1 Å². The highest BCUT2D eigenvalue weighted by atomic mass is 31.2. The number of phosphoric ester groups is 1. The summed E-state index contributed by atoms with van der Waals surface area (Å²) in [5, 5.41) is 0. The van der Waals surface area contributed by atoms with Gasteiger partial charge in [0.15, 0.2) is 6.10 Å². The van der Waals surface area contributed by atoms with Crippen molar-refractivity contribution >= 4 is 19.8 Å². The molecule has 0 aromatic carbocycles. The van der Waals surface area contributed by atoms with Gasteiger partial charge in [-0.3, -0.25) is 18.6 Å². The average Bonchev–Trinajstić information content (AvgIpc) is 3.10. The molecular weight excluding hydrogens is 689 g/mol. The fourth-order valence-corrected chi connectivity index (χ4v) is 5.31. The van der Waals surface area contributed by atoms with Crippen LogP contribution in [-0.4, -0.2) is 74.9 Å². The van der Waals surface area contributed by atoms with Gasteiger partial charge in [-0.25, -0.2) is 4.57 Å². The number of carbonyl (C=O) groups excluding carboxylic acids is 2. The van der Waals surface area contributed by atoms with Crippen LogP contribution in [0.4, 0.5) is 0 Å². The molecular formula is C43H73NO8P+. The first-order valence-electron chi connectivity index (χ1n) is 19.8. The normalized spacial score (nSPS) is 14.6. The minimum atomic E-state index is -4.40. The molecule has 0 spiro atoms. The number of nitrogens with zero attached hydrogens (tertiary/aromatic N) is 1. The fraction of sp³-hybridized carbons (Fsp3) is 0.628. The van der Waals surface area contributed by atoms with Crippen LogP contribution in [0, 0.1) is 0 Å². The van der Waals surface area contributed by atoms with Gasteiger partial charge in [-0.1, -0.05) is 125 Å². The first-order chi connectivity index (χ1) is 25.5. The maximum atomic E-state index is 12.6. The highest BCUT2D eigenvalue weighted by Gasteiger charge is 2.27. The quantitative estimate of drug-likeness (QED) is 0.0227. The van der Waals surface area contributed by atoms with Crippen molar-refractivity contribution in [2.24, 2.45) is 0 Å². The maximum Gasteiger partial charge on any atom is 0.472 e. The summed E-state index contributed by atoms with van der Waals surface area (Å²) >= 11 is 0. The molecule has 0 rings (SSSR count). The standard InChI is InChI=1S/C43H72NO8P/c1-6-8-10-12-14-16-18-19-20-21-22-23-24-25-26-28-30-32-34-36-43(46)52-41(40-51-53(47,48)50-38-37-44(3,4)5)39-49-42(45)35-33-31-29-27-17-15-13-11-9-7-2/h8,10-11,13-14,16,19-20,22-23,25-26,30,32,41H,6-7,9,12,15,17-18,21,24,27-29,31,33-40H2,1-5H3/p+1/b10-8-,13-11-,16-14-,20-19-,23-22-,26-25-,32-30-. The molecule has 0 aromatic heterocycles. The molecule has 9 nitrogen and oxygen atoms in total. The van der Waals surface area contributed by atoms with E-state index in [0.717, 1.165) is 77.0 Å². The lowest BCUT2D eigenvalue weighted by Crippen LogP contribution is -2.37. The highest BCUT2D eigenvalue weighted by molar-refractivity contribution is 7.47. The minimum Gasteiger partial charge on any atom is -0.462 e. The molecule has 0 amide bonds. The number of phosphoric acid groups is 1. The van der Waals surface area contributed by atoms with Crippen LogP contribution in [0.5, 0.6) is 0 Å². The molecule has 0 saturated carbocycles. The number of rotatable bonds is 34. The number of unbranched alkanes of at least 4 members (excludes halogenated alkanes) is 6. The molecule has 0 aliphatic heterocycles. The number of quaternary nitrogens is 1. The lowest BCUT2D eigenvalue weighted by atomic mass is 10.1. The Bertz CT molecular complexity index is 1180. The van der Waals surface area contributed by atoms with Gasteiger partial charge in [-0.05, 0) is 70.6 Å². The smallest absolute Gasteiger partial charge is 0.462 e. The van der Waals surface area contributed by atoms with Gasteiger partial charge >= 0.3 is 19.8 Å². The second-order valence-electron chi connectivity index (χ2n) is 13.9. The van der Waals surface area contributed by atoms with Crippen LogP contribution < -0.4 is 0 Å². The van der Waals surface area contributed by atoms with Crippen molar-refractivity contribution in [2.75, 3.05) is 47.5 Å². The summed E-state index contributed by atoms with van der Waals surface area (Å²) in [7, 11) is 1.41. The predicted molar refractivity (Wildman–Crippen MR) is 219 cm³/mol. The van der Waals surface area contributed by atoms with E-state index in [1.807, 2.05) is 33.3 Å². The molecule has 0 fully saturated rings. The minimum absolute atomic E-state index is 0.0121. The second-order valence-corrected chi connectivity index (χ2v) is 15.4. The Morgan fingerprint density at radius 2 is 1.11 bits per heavy atom. The lowest BCUT2D eigenvalue weighted by molar-refractivity contribution is -0.870. The molecule has 302 valence electrons. The summed E-state index contributed by atoms with van der Waals surface area (Å²) < 4.78 is 34.0. The van der Waals surface area contributed by atoms with Crippen molar-refractivity contribution < 1.29 is 42.1 Å². The number of allylic oxidation sites excluding steroid dienone is 14. The Hall–Kier alpha value is -2.81. The molecule has 0 saturated heterocycles. The van der Waals surface area contributed by atoms with E-state index >= 15 is 0 Å². The Morgan fingerprint density at radius 1 is 0.604 bits per heavy atom. The average molecular weight is 763 g/mol. The van der Waals surface area contributed by atoms with Crippen molar-refractivity contribution in [3.05, 3.63) is 85.1 Å². The first kappa shape index (κ1) is 50.2. The van der Waals surface area contributed by atoms with Crippen molar-refractivity contribution in [3.63, 3.8) is 0 Å². The number of hydrogen-bond acceptors (Lipinski definition) is 7. The third kappa shape index (κ3) is 38.7. The van der Waals surface area contributed by atoms with E-state index in [0.29, 0.717) is 23.9 Å². The number of likely N-dealkylation sites (N-methyl/N-ethyl adjacent to an activating group) is 1. The Morgan fingerprint density at radius 3 is 1.68 bits per heavy atom. The zero-order chi connectivity index (χ0) is 39.3. The van der Waals surface area contributed by atoms with Crippen molar-refractivity contribution in [1.82, 2.24) is 0 Å². The van der Waals surface area contributed by atoms with Gasteiger partial charge in [0.2, 0.25) is 0 Å². The largest absolute Gasteiger partial charge is 0.472 e. The molecule has 0 heterocycles. The monoisotopic (exact) mass is 763 g/mol. The number of esters is 2. The van der Waals surface area contributed by atoms with Gasteiger partial charge in [0, 0.05) is 12.8 Å². The summed E-state index contributed by atoms with van der Waals surface area (Å²) in [6.07, 6.45) is 43.7. The zero-order valence-electron chi connectivity index (χ0n) is 33.7. The Kier molecular flexibility index (Phi) is 33.1. The molecule has 0 aliphatic carbocycles. The van der Waals surface area contributed by atoms with Crippen molar-refractivity contribution in [2.45, 2.75) is 129 Å². The molecule has 1 N–H and O–H groups in total. The Labute approximate surface area is 322 Å². The second kappa shape index (κ2) is 34.9. The van der Waals surface area contributed by atoms with Gasteiger partial charge in [0.1, 0.15) is 19.8 Å². The van der Waals surface area contributed by atoms with E-state index in [1.165, 1.54) is 6.42 Å². The Balaban J connectivity index is 4.57. The van der Waals surface area contributed by atoms with Gasteiger partial charge in [-0.15, -0.1) is 0 Å². The molecule has 0 bridgehead atoms. The van der Waals surface area contributed by atoms with Crippen LogP contribution in [0.15, 0.2) is 85.1 Å². The SMILES string of the molecule is CC/C=C\C/C=C\C/C=C\C/C=C\C/C=C\C/C=C\CCC(=O)OC(COC(=O)CCCCCCC/C=C\CCC)COP(=O)(O)OCC[N+](C)(C)C. The van der Waals surface area contributed by atoms with Crippen LogP contribution >= 0.6 is 7.82 Å². The molecule has 0 aromatic rings. The molecule has 0 radical (unpaired) electrons. The summed E-state index contributed by atoms with van der Waals surface area (Å²) in [6, 6.07) is 0. The van der Waals surface area contributed by atoms with E-state index in [2.05, 4.69) is 86.8 Å². The summed E-state index contributed by atoms with van der Waals surface area (Å²) in [6.45, 7) is 4.10. The van der Waals surface area contributed by atoms with E-state index in [4.69, 9.17) is 18.5 Å².